The molecule has 0 amide bonds. The van der Waals surface area contributed by atoms with Crippen LogP contribution in [0.25, 0.3) is 0 Å². The summed E-state index contributed by atoms with van der Waals surface area (Å²) in [5.41, 5.74) is 0. The Morgan fingerprint density at radius 2 is 1.90 bits per heavy atom. The van der Waals surface area contributed by atoms with E-state index in [-0.39, 0.29) is 0 Å². The summed E-state index contributed by atoms with van der Waals surface area (Å²) in [7, 11) is 0. The summed E-state index contributed by atoms with van der Waals surface area (Å²) in [5.74, 6) is 2.51. The molecule has 1 atom stereocenters. The smallest absolute Gasteiger partial charge is 0.140 e. The average Bonchev–Trinajstić information content (AvgIpc) is 2.67. The van der Waals surface area contributed by atoms with Crippen LogP contribution in [0.5, 0.6) is 0 Å². The van der Waals surface area contributed by atoms with E-state index in [1.54, 1.807) is 6.33 Å². The van der Waals surface area contributed by atoms with Gasteiger partial charge in [-0.05, 0) is 31.6 Å². The van der Waals surface area contributed by atoms with E-state index in [0.717, 1.165) is 24.8 Å². The summed E-state index contributed by atoms with van der Waals surface area (Å²) in [6.07, 6.45) is 10.1. The first-order valence-corrected chi connectivity index (χ1v) is 8.27. The number of hydrogen-bond acceptors (Lipinski definition) is 3. The van der Waals surface area contributed by atoms with Gasteiger partial charge in [0.1, 0.15) is 12.2 Å². The minimum Gasteiger partial charge on any atom is -0.307 e. The molecule has 20 heavy (non-hydrogen) atoms. The van der Waals surface area contributed by atoms with E-state index in [4.69, 9.17) is 0 Å². The van der Waals surface area contributed by atoms with Gasteiger partial charge in [-0.1, -0.05) is 39.5 Å². The van der Waals surface area contributed by atoms with E-state index >= 15 is 0 Å². The van der Waals surface area contributed by atoms with Gasteiger partial charge in [0, 0.05) is 12.6 Å². The normalized spacial score (nSPS) is 19.2. The van der Waals surface area contributed by atoms with Gasteiger partial charge in [-0.3, -0.25) is 0 Å². The number of nitrogens with zero attached hydrogens (tertiary/aromatic N) is 3. The van der Waals surface area contributed by atoms with Gasteiger partial charge in [0.25, 0.3) is 0 Å². The van der Waals surface area contributed by atoms with E-state index in [1.165, 1.54) is 38.5 Å². The summed E-state index contributed by atoms with van der Waals surface area (Å²) >= 11 is 0. The third kappa shape index (κ3) is 4.58. The van der Waals surface area contributed by atoms with Crippen LogP contribution < -0.4 is 5.32 Å². The van der Waals surface area contributed by atoms with Crippen LogP contribution in [-0.4, -0.2) is 20.8 Å². The predicted octanol–water partition coefficient (Wildman–Crippen LogP) is 3.38. The highest BCUT2D eigenvalue weighted by molar-refractivity contribution is 4.86. The third-order valence-electron chi connectivity index (χ3n) is 4.42. The lowest BCUT2D eigenvalue weighted by atomic mass is 9.93. The van der Waals surface area contributed by atoms with Crippen molar-refractivity contribution in [3.8, 4) is 0 Å². The first kappa shape index (κ1) is 15.5. The monoisotopic (exact) mass is 278 g/mol. The molecule has 1 saturated carbocycles. The van der Waals surface area contributed by atoms with Crippen LogP contribution in [0.2, 0.25) is 0 Å². The Kier molecular flexibility index (Phi) is 6.02. The first-order chi connectivity index (χ1) is 9.66. The molecule has 1 heterocycles. The van der Waals surface area contributed by atoms with Crippen LogP contribution in [0.15, 0.2) is 6.33 Å². The van der Waals surface area contributed by atoms with Crippen molar-refractivity contribution >= 4 is 0 Å². The van der Waals surface area contributed by atoms with Crippen LogP contribution in [-0.2, 0) is 13.1 Å². The zero-order valence-electron chi connectivity index (χ0n) is 13.3. The molecule has 0 spiro atoms. The van der Waals surface area contributed by atoms with Crippen molar-refractivity contribution in [2.75, 3.05) is 0 Å². The van der Waals surface area contributed by atoms with Crippen molar-refractivity contribution < 1.29 is 0 Å². The fraction of sp³-hybridized carbons (Fsp3) is 0.875. The number of nitrogens with one attached hydrogen (secondary N) is 1. The maximum atomic E-state index is 4.39. The minimum absolute atomic E-state index is 0.581. The zero-order valence-corrected chi connectivity index (χ0v) is 13.3. The molecule has 0 radical (unpaired) electrons. The molecule has 114 valence electrons. The Balaban J connectivity index is 1.83. The van der Waals surface area contributed by atoms with Crippen LogP contribution in [0.3, 0.4) is 0 Å². The lowest BCUT2D eigenvalue weighted by molar-refractivity contribution is 0.330. The molecular weight excluding hydrogens is 248 g/mol. The first-order valence-electron chi connectivity index (χ1n) is 8.27. The van der Waals surface area contributed by atoms with Crippen molar-refractivity contribution in [1.29, 1.82) is 0 Å². The highest BCUT2D eigenvalue weighted by Crippen LogP contribution is 2.25. The van der Waals surface area contributed by atoms with Gasteiger partial charge in [0.15, 0.2) is 0 Å². The molecule has 0 unspecified atom stereocenters. The molecule has 0 aromatic carbocycles. The number of hydrogen-bond donors (Lipinski definition) is 1. The van der Waals surface area contributed by atoms with Crippen molar-refractivity contribution in [3.05, 3.63) is 12.2 Å². The molecule has 4 nitrogen and oxygen atoms in total. The Labute approximate surface area is 123 Å². The molecule has 1 aliphatic carbocycles. The summed E-state index contributed by atoms with van der Waals surface area (Å²) in [5, 5.41) is 8.00. The predicted molar refractivity (Wildman–Crippen MR) is 82.4 cm³/mol. The number of rotatable bonds is 6. The second-order valence-electron chi connectivity index (χ2n) is 6.67. The molecule has 0 aliphatic heterocycles. The Hall–Kier alpha value is -0.900. The molecule has 1 N–H and O–H groups in total. The van der Waals surface area contributed by atoms with Gasteiger partial charge in [0.05, 0.1) is 6.54 Å². The largest absolute Gasteiger partial charge is 0.307 e. The van der Waals surface area contributed by atoms with Crippen molar-refractivity contribution in [3.63, 3.8) is 0 Å². The van der Waals surface area contributed by atoms with Crippen LogP contribution >= 0.6 is 0 Å². The minimum atomic E-state index is 0.581. The molecule has 2 rings (SSSR count). The van der Waals surface area contributed by atoms with E-state index in [0.29, 0.717) is 12.0 Å². The summed E-state index contributed by atoms with van der Waals surface area (Å²) in [6.45, 7) is 8.55. The second kappa shape index (κ2) is 7.77. The van der Waals surface area contributed by atoms with Gasteiger partial charge in [-0.15, -0.1) is 0 Å². The second-order valence-corrected chi connectivity index (χ2v) is 6.67. The Morgan fingerprint density at radius 1 is 1.20 bits per heavy atom. The van der Waals surface area contributed by atoms with Crippen LogP contribution in [0.1, 0.15) is 65.1 Å². The quantitative estimate of drug-likeness (QED) is 0.811. The molecule has 0 bridgehead atoms. The van der Waals surface area contributed by atoms with E-state index in [2.05, 4.69) is 36.2 Å². The molecule has 0 saturated heterocycles. The highest BCUT2D eigenvalue weighted by atomic mass is 15.3. The maximum absolute atomic E-state index is 4.39. The molecule has 1 aromatic rings. The van der Waals surface area contributed by atoms with Crippen molar-refractivity contribution in [2.24, 2.45) is 11.8 Å². The molecule has 1 aromatic heterocycles. The fourth-order valence-corrected chi connectivity index (χ4v) is 3.15. The maximum Gasteiger partial charge on any atom is 0.140 e. The SMILES string of the molecule is CC(C)Cn1ncnc1CN[C@H](C)C1CCCCCC1. The topological polar surface area (TPSA) is 42.7 Å². The van der Waals surface area contributed by atoms with Gasteiger partial charge >= 0.3 is 0 Å². The zero-order chi connectivity index (χ0) is 14.4. The summed E-state index contributed by atoms with van der Waals surface area (Å²) in [6, 6.07) is 0.581. The molecular formula is C16H30N4. The van der Waals surface area contributed by atoms with Crippen molar-refractivity contribution in [2.45, 2.75) is 78.4 Å². The number of aromatic nitrogens is 3. The van der Waals surface area contributed by atoms with Gasteiger partial charge in [-0.25, -0.2) is 9.67 Å². The van der Waals surface area contributed by atoms with E-state index in [1.807, 2.05) is 4.68 Å². The van der Waals surface area contributed by atoms with E-state index in [9.17, 15) is 0 Å². The third-order valence-corrected chi connectivity index (χ3v) is 4.42. The summed E-state index contributed by atoms with van der Waals surface area (Å²) in [4.78, 5) is 4.39. The van der Waals surface area contributed by atoms with Crippen molar-refractivity contribution in [1.82, 2.24) is 20.1 Å². The fourth-order valence-electron chi connectivity index (χ4n) is 3.15. The molecule has 1 aliphatic rings. The molecule has 4 heteroatoms. The van der Waals surface area contributed by atoms with Gasteiger partial charge in [-0.2, -0.15) is 5.10 Å². The van der Waals surface area contributed by atoms with Gasteiger partial charge in [0.2, 0.25) is 0 Å². The lowest BCUT2D eigenvalue weighted by Gasteiger charge is -2.23. The Morgan fingerprint density at radius 3 is 2.55 bits per heavy atom. The van der Waals surface area contributed by atoms with E-state index < -0.39 is 0 Å². The van der Waals surface area contributed by atoms with Crippen LogP contribution in [0, 0.1) is 11.8 Å². The highest BCUT2D eigenvalue weighted by Gasteiger charge is 2.19. The van der Waals surface area contributed by atoms with Gasteiger partial charge < -0.3 is 5.32 Å². The molecule has 1 fully saturated rings. The van der Waals surface area contributed by atoms with Crippen LogP contribution in [0.4, 0.5) is 0 Å². The Bertz CT molecular complexity index is 378. The lowest BCUT2D eigenvalue weighted by Crippen LogP contribution is -2.34. The summed E-state index contributed by atoms with van der Waals surface area (Å²) < 4.78 is 2.04. The standard InChI is InChI=1S/C16H30N4/c1-13(2)11-20-16(18-12-19-20)10-17-14(3)15-8-6-4-5-7-9-15/h12-15,17H,4-11H2,1-3H3/t14-/m1/s1. The average molecular weight is 278 g/mol.